The van der Waals surface area contributed by atoms with Crippen molar-refractivity contribution in [2.24, 2.45) is 0 Å². The van der Waals surface area contributed by atoms with Gasteiger partial charge in [0.2, 0.25) is 5.91 Å². The van der Waals surface area contributed by atoms with Gasteiger partial charge in [0.1, 0.15) is 0 Å². The van der Waals surface area contributed by atoms with E-state index in [-0.39, 0.29) is 25.3 Å². The van der Waals surface area contributed by atoms with Crippen LogP contribution in [0.2, 0.25) is 0 Å². The molecule has 1 aromatic rings. The van der Waals surface area contributed by atoms with Crippen molar-refractivity contribution < 1.29 is 32.6 Å². The molecule has 0 aromatic heterocycles. The van der Waals surface area contributed by atoms with Gasteiger partial charge in [-0.2, -0.15) is 13.2 Å². The van der Waals surface area contributed by atoms with E-state index < -0.39 is 35.1 Å². The number of hydrogen-bond donors (Lipinski definition) is 1. The minimum Gasteiger partial charge on any atom is -0.479 e. The van der Waals surface area contributed by atoms with E-state index in [0.29, 0.717) is 0 Å². The molecule has 0 spiro atoms. The number of rotatable bonds is 3. The highest BCUT2D eigenvalue weighted by molar-refractivity contribution is 5.88. The monoisotopic (exact) mass is 345 g/mol. The van der Waals surface area contributed by atoms with Crippen molar-refractivity contribution in [1.29, 1.82) is 0 Å². The predicted molar refractivity (Wildman–Crippen MR) is 78.4 cm³/mol. The molecule has 1 unspecified atom stereocenters. The number of amides is 1. The smallest absolute Gasteiger partial charge is 0.416 e. The number of halogens is 3. The highest BCUT2D eigenvalue weighted by Crippen LogP contribution is 2.33. The lowest BCUT2D eigenvalue weighted by molar-refractivity contribution is -0.161. The predicted octanol–water partition coefficient (Wildman–Crippen LogP) is 2.29. The number of ether oxygens (including phenoxy) is 1. The third-order valence-corrected chi connectivity index (χ3v) is 4.08. The molecule has 0 saturated carbocycles. The molecule has 1 heterocycles. The van der Waals surface area contributed by atoms with E-state index in [1.54, 1.807) is 0 Å². The minimum absolute atomic E-state index is 0.0708. The molecule has 5 nitrogen and oxygen atoms in total. The largest absolute Gasteiger partial charge is 0.479 e. The third-order valence-electron chi connectivity index (χ3n) is 4.08. The van der Waals surface area contributed by atoms with Gasteiger partial charge in [0.25, 0.3) is 0 Å². The second kappa shape index (κ2) is 6.43. The minimum atomic E-state index is -4.50. The second-order valence-corrected chi connectivity index (χ2v) is 6.15. The van der Waals surface area contributed by atoms with E-state index in [1.807, 2.05) is 0 Å². The first-order chi connectivity index (χ1) is 11.0. The Bertz CT molecular complexity index is 642. The molecule has 2 rings (SSSR count). The maximum Gasteiger partial charge on any atom is 0.416 e. The van der Waals surface area contributed by atoms with Crippen LogP contribution in [0.5, 0.6) is 0 Å². The van der Waals surface area contributed by atoms with Crippen LogP contribution >= 0.6 is 0 Å². The highest BCUT2D eigenvalue weighted by atomic mass is 19.4. The SMILES string of the molecule is CC(C)(C(=O)N1CCOC(C(=O)O)C1)c1cccc(C(F)(F)F)c1. The van der Waals surface area contributed by atoms with Crippen molar-refractivity contribution >= 4 is 11.9 Å². The number of morpholine rings is 1. The Morgan fingerprint density at radius 3 is 2.46 bits per heavy atom. The average molecular weight is 345 g/mol. The number of carboxylic acid groups (broad SMARTS) is 1. The van der Waals surface area contributed by atoms with Crippen molar-refractivity contribution in [3.63, 3.8) is 0 Å². The number of nitrogens with zero attached hydrogens (tertiary/aromatic N) is 1. The van der Waals surface area contributed by atoms with Crippen molar-refractivity contribution in [3.8, 4) is 0 Å². The summed E-state index contributed by atoms with van der Waals surface area (Å²) in [6, 6.07) is 4.61. The Labute approximate surface area is 137 Å². The molecule has 132 valence electrons. The van der Waals surface area contributed by atoms with Gasteiger partial charge in [0.05, 0.1) is 24.1 Å². The molecular formula is C16H18F3NO4. The number of carboxylic acids is 1. The van der Waals surface area contributed by atoms with E-state index in [1.165, 1.54) is 30.9 Å². The first kappa shape index (κ1) is 18.3. The summed E-state index contributed by atoms with van der Waals surface area (Å²) in [5.74, 6) is -1.61. The molecule has 1 atom stereocenters. The van der Waals surface area contributed by atoms with Gasteiger partial charge in [0.15, 0.2) is 6.10 Å². The fourth-order valence-corrected chi connectivity index (χ4v) is 2.59. The Hall–Kier alpha value is -2.09. The Balaban J connectivity index is 2.26. The zero-order chi connectivity index (χ0) is 18.1. The first-order valence-corrected chi connectivity index (χ1v) is 7.35. The molecule has 1 saturated heterocycles. The molecule has 1 N–H and O–H groups in total. The van der Waals surface area contributed by atoms with Crippen LogP contribution in [0.4, 0.5) is 13.2 Å². The standard InChI is InChI=1S/C16H18F3NO4/c1-15(2,10-4-3-5-11(8-10)16(17,18)19)14(23)20-6-7-24-12(9-20)13(21)22/h3-5,8,12H,6-7,9H2,1-2H3,(H,21,22). The number of benzene rings is 1. The summed E-state index contributed by atoms with van der Waals surface area (Å²) >= 11 is 0. The summed E-state index contributed by atoms with van der Waals surface area (Å²) in [4.78, 5) is 25.1. The summed E-state index contributed by atoms with van der Waals surface area (Å²) in [5, 5.41) is 9.00. The molecule has 1 fully saturated rings. The molecule has 0 bridgehead atoms. The van der Waals surface area contributed by atoms with Crippen molar-refractivity contribution in [1.82, 2.24) is 4.90 Å². The molecule has 1 aromatic carbocycles. The zero-order valence-electron chi connectivity index (χ0n) is 13.3. The van der Waals surface area contributed by atoms with Gasteiger partial charge in [-0.05, 0) is 25.5 Å². The lowest BCUT2D eigenvalue weighted by atomic mass is 9.82. The summed E-state index contributed by atoms with van der Waals surface area (Å²) in [6.07, 6.45) is -5.62. The topological polar surface area (TPSA) is 66.8 Å². The maximum atomic E-state index is 12.9. The fraction of sp³-hybridized carbons (Fsp3) is 0.500. The summed E-state index contributed by atoms with van der Waals surface area (Å²) in [5.41, 5.74) is -1.83. The number of alkyl halides is 3. The summed E-state index contributed by atoms with van der Waals surface area (Å²) < 4.78 is 43.7. The number of aliphatic carboxylic acids is 1. The van der Waals surface area contributed by atoms with Gasteiger partial charge in [-0.1, -0.05) is 18.2 Å². The molecule has 0 radical (unpaired) electrons. The first-order valence-electron chi connectivity index (χ1n) is 7.35. The number of carbonyl (C=O) groups excluding carboxylic acids is 1. The lowest BCUT2D eigenvalue weighted by Gasteiger charge is -2.36. The van der Waals surface area contributed by atoms with Gasteiger partial charge < -0.3 is 14.7 Å². The summed E-state index contributed by atoms with van der Waals surface area (Å²) in [6.45, 7) is 3.19. The molecule has 0 aliphatic carbocycles. The third kappa shape index (κ3) is 3.69. The van der Waals surface area contributed by atoms with E-state index >= 15 is 0 Å². The fourth-order valence-electron chi connectivity index (χ4n) is 2.59. The quantitative estimate of drug-likeness (QED) is 0.913. The molecule has 24 heavy (non-hydrogen) atoms. The summed E-state index contributed by atoms with van der Waals surface area (Å²) in [7, 11) is 0. The van der Waals surface area contributed by atoms with Crippen LogP contribution in [0, 0.1) is 0 Å². The van der Waals surface area contributed by atoms with E-state index in [4.69, 9.17) is 9.84 Å². The molecule has 1 aliphatic heterocycles. The van der Waals surface area contributed by atoms with Crippen LogP contribution in [-0.4, -0.2) is 47.7 Å². The number of hydrogen-bond acceptors (Lipinski definition) is 3. The normalized spacial score (nSPS) is 19.2. The molecule has 1 amide bonds. The zero-order valence-corrected chi connectivity index (χ0v) is 13.3. The van der Waals surface area contributed by atoms with E-state index in [9.17, 15) is 22.8 Å². The van der Waals surface area contributed by atoms with Crippen LogP contribution in [0.3, 0.4) is 0 Å². The Kier molecular flexibility index (Phi) is 4.89. The van der Waals surface area contributed by atoms with E-state index in [2.05, 4.69) is 0 Å². The van der Waals surface area contributed by atoms with Gasteiger partial charge in [-0.15, -0.1) is 0 Å². The lowest BCUT2D eigenvalue weighted by Crippen LogP contribution is -2.53. The van der Waals surface area contributed by atoms with Crippen LogP contribution in [-0.2, 0) is 25.9 Å². The Morgan fingerprint density at radius 1 is 1.25 bits per heavy atom. The van der Waals surface area contributed by atoms with Gasteiger partial charge in [-0.3, -0.25) is 4.79 Å². The molecule has 1 aliphatic rings. The van der Waals surface area contributed by atoms with Gasteiger partial charge >= 0.3 is 12.1 Å². The van der Waals surface area contributed by atoms with Crippen molar-refractivity contribution in [2.75, 3.05) is 19.7 Å². The van der Waals surface area contributed by atoms with E-state index in [0.717, 1.165) is 12.1 Å². The van der Waals surface area contributed by atoms with Crippen molar-refractivity contribution in [2.45, 2.75) is 31.5 Å². The highest BCUT2D eigenvalue weighted by Gasteiger charge is 2.39. The maximum absolute atomic E-state index is 12.9. The van der Waals surface area contributed by atoms with Crippen molar-refractivity contribution in [3.05, 3.63) is 35.4 Å². The Morgan fingerprint density at radius 2 is 1.88 bits per heavy atom. The van der Waals surface area contributed by atoms with Crippen LogP contribution in [0.25, 0.3) is 0 Å². The number of carbonyl (C=O) groups is 2. The van der Waals surface area contributed by atoms with Crippen LogP contribution in [0.15, 0.2) is 24.3 Å². The van der Waals surface area contributed by atoms with Crippen LogP contribution < -0.4 is 0 Å². The average Bonchev–Trinajstić information content (AvgIpc) is 2.53. The van der Waals surface area contributed by atoms with Crippen LogP contribution in [0.1, 0.15) is 25.0 Å². The van der Waals surface area contributed by atoms with Gasteiger partial charge in [0, 0.05) is 6.54 Å². The van der Waals surface area contributed by atoms with Gasteiger partial charge in [-0.25, -0.2) is 4.79 Å². The molecule has 8 heteroatoms. The molecular weight excluding hydrogens is 327 g/mol. The second-order valence-electron chi connectivity index (χ2n) is 6.15.